The Morgan fingerprint density at radius 2 is 1.76 bits per heavy atom. The van der Waals surface area contributed by atoms with E-state index in [0.717, 1.165) is 13.0 Å². The number of hydrogen-bond acceptors (Lipinski definition) is 2. The molecule has 1 aliphatic carbocycles. The average Bonchev–Trinajstić information content (AvgIpc) is 2.51. The Kier molecular flexibility index (Phi) is 4.90. The van der Waals surface area contributed by atoms with Crippen molar-refractivity contribution in [2.75, 3.05) is 24.5 Å². The quantitative estimate of drug-likeness (QED) is 0.869. The molecule has 0 aromatic heterocycles. The summed E-state index contributed by atoms with van der Waals surface area (Å²) < 4.78 is 1.18. The summed E-state index contributed by atoms with van der Waals surface area (Å²) in [5, 5.41) is 0. The van der Waals surface area contributed by atoms with Crippen molar-refractivity contribution in [1.82, 2.24) is 0 Å². The van der Waals surface area contributed by atoms with Gasteiger partial charge in [0.25, 0.3) is 0 Å². The standard InChI is InChI=1S/C18H27BrN2/c19-16-5-4-15(6-11-20)17(14-16)21-12-9-18(10-13-21)7-2-1-3-8-18/h4-5,14H,1-3,6-13,20H2. The van der Waals surface area contributed by atoms with Crippen molar-refractivity contribution in [3.05, 3.63) is 28.2 Å². The van der Waals surface area contributed by atoms with Crippen LogP contribution < -0.4 is 10.6 Å². The number of rotatable bonds is 3. The van der Waals surface area contributed by atoms with Crippen molar-refractivity contribution in [3.63, 3.8) is 0 Å². The Hall–Kier alpha value is -0.540. The molecule has 1 saturated heterocycles. The summed E-state index contributed by atoms with van der Waals surface area (Å²) in [5.41, 5.74) is 9.26. The highest BCUT2D eigenvalue weighted by Crippen LogP contribution is 2.45. The second kappa shape index (κ2) is 6.70. The lowest BCUT2D eigenvalue weighted by atomic mass is 9.68. The number of anilines is 1. The summed E-state index contributed by atoms with van der Waals surface area (Å²) in [6, 6.07) is 6.65. The first kappa shape index (κ1) is 15.4. The monoisotopic (exact) mass is 350 g/mol. The molecule has 1 heterocycles. The van der Waals surface area contributed by atoms with Gasteiger partial charge in [-0.05, 0) is 61.8 Å². The fraction of sp³-hybridized carbons (Fsp3) is 0.667. The topological polar surface area (TPSA) is 29.3 Å². The fourth-order valence-corrected chi connectivity index (χ4v) is 4.57. The van der Waals surface area contributed by atoms with E-state index in [4.69, 9.17) is 5.73 Å². The molecule has 2 aliphatic rings. The van der Waals surface area contributed by atoms with Crippen molar-refractivity contribution in [2.45, 2.75) is 51.4 Å². The van der Waals surface area contributed by atoms with Gasteiger partial charge in [0.1, 0.15) is 0 Å². The van der Waals surface area contributed by atoms with Crippen molar-refractivity contribution >= 4 is 21.6 Å². The van der Waals surface area contributed by atoms with Gasteiger partial charge in [0, 0.05) is 23.2 Å². The van der Waals surface area contributed by atoms with Gasteiger partial charge >= 0.3 is 0 Å². The van der Waals surface area contributed by atoms with E-state index in [0.29, 0.717) is 5.41 Å². The lowest BCUT2D eigenvalue weighted by Gasteiger charge is -2.45. The zero-order chi connectivity index (χ0) is 14.7. The summed E-state index contributed by atoms with van der Waals surface area (Å²) in [6.07, 6.45) is 11.0. The number of benzene rings is 1. The second-order valence-electron chi connectivity index (χ2n) is 6.86. The van der Waals surface area contributed by atoms with Gasteiger partial charge < -0.3 is 10.6 Å². The zero-order valence-electron chi connectivity index (χ0n) is 12.9. The van der Waals surface area contributed by atoms with E-state index in [-0.39, 0.29) is 0 Å². The van der Waals surface area contributed by atoms with Crippen LogP contribution in [-0.4, -0.2) is 19.6 Å². The van der Waals surface area contributed by atoms with Gasteiger partial charge in [-0.2, -0.15) is 0 Å². The highest BCUT2D eigenvalue weighted by atomic mass is 79.9. The first-order valence-corrected chi connectivity index (χ1v) is 9.25. The minimum Gasteiger partial charge on any atom is -0.371 e. The molecule has 1 aromatic rings. The molecule has 2 N–H and O–H groups in total. The Labute approximate surface area is 137 Å². The van der Waals surface area contributed by atoms with Gasteiger partial charge in [-0.25, -0.2) is 0 Å². The normalized spacial score (nSPS) is 21.7. The van der Waals surface area contributed by atoms with Crippen molar-refractivity contribution in [3.8, 4) is 0 Å². The SMILES string of the molecule is NCCc1ccc(Br)cc1N1CCC2(CCCCC2)CC1. The molecule has 0 amide bonds. The molecule has 0 unspecified atom stereocenters. The van der Waals surface area contributed by atoms with Crippen LogP contribution in [-0.2, 0) is 6.42 Å². The maximum absolute atomic E-state index is 5.78. The predicted octanol–water partition coefficient (Wildman–Crippen LogP) is 4.50. The van der Waals surface area contributed by atoms with Crippen LogP contribution >= 0.6 is 15.9 Å². The van der Waals surface area contributed by atoms with Crippen LogP contribution in [0.25, 0.3) is 0 Å². The van der Waals surface area contributed by atoms with E-state index < -0.39 is 0 Å². The number of piperidine rings is 1. The van der Waals surface area contributed by atoms with E-state index in [9.17, 15) is 0 Å². The van der Waals surface area contributed by atoms with E-state index >= 15 is 0 Å². The van der Waals surface area contributed by atoms with Crippen molar-refractivity contribution in [1.29, 1.82) is 0 Å². The Morgan fingerprint density at radius 1 is 1.05 bits per heavy atom. The molecule has 3 heteroatoms. The molecular formula is C18H27BrN2. The number of nitrogens with two attached hydrogens (primary N) is 1. The van der Waals surface area contributed by atoms with E-state index in [1.165, 1.54) is 73.8 Å². The van der Waals surface area contributed by atoms with Crippen LogP contribution in [0.15, 0.2) is 22.7 Å². The number of halogens is 1. The van der Waals surface area contributed by atoms with Crippen LogP contribution in [0.3, 0.4) is 0 Å². The molecule has 1 spiro atoms. The molecule has 2 nitrogen and oxygen atoms in total. The Bertz CT molecular complexity index is 470. The summed E-state index contributed by atoms with van der Waals surface area (Å²) in [5.74, 6) is 0. The molecular weight excluding hydrogens is 324 g/mol. The van der Waals surface area contributed by atoms with E-state index in [1.54, 1.807) is 0 Å². The molecule has 21 heavy (non-hydrogen) atoms. The van der Waals surface area contributed by atoms with Crippen LogP contribution in [0, 0.1) is 5.41 Å². The Balaban J connectivity index is 1.72. The van der Waals surface area contributed by atoms with Gasteiger partial charge in [-0.1, -0.05) is 41.3 Å². The first-order chi connectivity index (χ1) is 10.2. The lowest BCUT2D eigenvalue weighted by molar-refractivity contribution is 0.144. The van der Waals surface area contributed by atoms with Crippen LogP contribution in [0.5, 0.6) is 0 Å². The third-order valence-electron chi connectivity index (χ3n) is 5.54. The van der Waals surface area contributed by atoms with E-state index in [1.807, 2.05) is 0 Å². The third kappa shape index (κ3) is 3.45. The summed E-state index contributed by atoms with van der Waals surface area (Å²) in [6.45, 7) is 3.16. The molecule has 1 aliphatic heterocycles. The summed E-state index contributed by atoms with van der Waals surface area (Å²) in [7, 11) is 0. The fourth-order valence-electron chi connectivity index (χ4n) is 4.22. The predicted molar refractivity (Wildman–Crippen MR) is 93.9 cm³/mol. The van der Waals surface area contributed by atoms with Gasteiger partial charge in [0.05, 0.1) is 0 Å². The van der Waals surface area contributed by atoms with Crippen molar-refractivity contribution in [2.24, 2.45) is 11.1 Å². The molecule has 0 bridgehead atoms. The maximum atomic E-state index is 5.78. The van der Waals surface area contributed by atoms with Gasteiger partial charge in [-0.3, -0.25) is 0 Å². The smallest absolute Gasteiger partial charge is 0.0410 e. The molecule has 3 rings (SSSR count). The van der Waals surface area contributed by atoms with Crippen LogP contribution in [0.2, 0.25) is 0 Å². The average molecular weight is 351 g/mol. The third-order valence-corrected chi connectivity index (χ3v) is 6.03. The first-order valence-electron chi connectivity index (χ1n) is 8.46. The highest BCUT2D eigenvalue weighted by molar-refractivity contribution is 9.10. The molecule has 0 radical (unpaired) electrons. The van der Waals surface area contributed by atoms with Crippen molar-refractivity contribution < 1.29 is 0 Å². The number of hydrogen-bond donors (Lipinski definition) is 1. The van der Waals surface area contributed by atoms with Gasteiger partial charge in [0.15, 0.2) is 0 Å². The molecule has 1 saturated carbocycles. The summed E-state index contributed by atoms with van der Waals surface area (Å²) >= 11 is 3.63. The minimum atomic E-state index is 0.675. The molecule has 0 atom stereocenters. The minimum absolute atomic E-state index is 0.675. The largest absolute Gasteiger partial charge is 0.371 e. The lowest BCUT2D eigenvalue weighted by Crippen LogP contribution is -2.41. The second-order valence-corrected chi connectivity index (χ2v) is 7.78. The Morgan fingerprint density at radius 3 is 2.43 bits per heavy atom. The van der Waals surface area contributed by atoms with Gasteiger partial charge in [0.2, 0.25) is 0 Å². The molecule has 1 aromatic carbocycles. The highest BCUT2D eigenvalue weighted by Gasteiger charge is 2.35. The zero-order valence-corrected chi connectivity index (χ0v) is 14.5. The maximum Gasteiger partial charge on any atom is 0.0410 e. The van der Waals surface area contributed by atoms with Crippen LogP contribution in [0.1, 0.15) is 50.5 Å². The molecule has 116 valence electrons. The molecule has 2 fully saturated rings. The van der Waals surface area contributed by atoms with Crippen LogP contribution in [0.4, 0.5) is 5.69 Å². The van der Waals surface area contributed by atoms with Gasteiger partial charge in [-0.15, -0.1) is 0 Å². The number of nitrogens with zero attached hydrogens (tertiary/aromatic N) is 1. The summed E-state index contributed by atoms with van der Waals surface area (Å²) in [4.78, 5) is 2.59. The van der Waals surface area contributed by atoms with E-state index in [2.05, 4.69) is 39.0 Å².